The van der Waals surface area contributed by atoms with Crippen molar-refractivity contribution in [2.45, 2.75) is 25.4 Å². The number of hydrogen-bond acceptors (Lipinski definition) is 3. The lowest BCUT2D eigenvalue weighted by atomic mass is 10.0. The molecule has 25 heavy (non-hydrogen) atoms. The standard InChI is InChI=1S/C19H20BrFN2O2/c20-17-15(19(24)25)8-9-16(18(17)21)22-14-7-4-10-23(12-14)11-13-5-2-1-3-6-13/h1-3,5-6,8-9,14,22H,4,7,10-12H2,(H,24,25). The van der Waals surface area contributed by atoms with Gasteiger partial charge in [0.1, 0.15) is 0 Å². The SMILES string of the molecule is O=C(O)c1ccc(NC2CCCN(Cc3ccccc3)C2)c(F)c1Br. The Hall–Kier alpha value is -1.92. The summed E-state index contributed by atoms with van der Waals surface area (Å²) in [6, 6.07) is 13.3. The number of likely N-dealkylation sites (tertiary alicyclic amines) is 1. The maximum absolute atomic E-state index is 14.4. The molecule has 0 amide bonds. The van der Waals surface area contributed by atoms with Crippen LogP contribution in [0.25, 0.3) is 0 Å². The van der Waals surface area contributed by atoms with E-state index in [0.717, 1.165) is 32.5 Å². The van der Waals surface area contributed by atoms with Crippen LogP contribution in [0.4, 0.5) is 10.1 Å². The second-order valence-electron chi connectivity index (χ2n) is 6.30. The summed E-state index contributed by atoms with van der Waals surface area (Å²) in [7, 11) is 0. The predicted molar refractivity (Wildman–Crippen MR) is 99.4 cm³/mol. The van der Waals surface area contributed by atoms with E-state index < -0.39 is 11.8 Å². The van der Waals surface area contributed by atoms with Crippen LogP contribution in [0.2, 0.25) is 0 Å². The minimum Gasteiger partial charge on any atom is -0.478 e. The van der Waals surface area contributed by atoms with E-state index in [1.54, 1.807) is 0 Å². The molecule has 0 saturated carbocycles. The van der Waals surface area contributed by atoms with Crippen LogP contribution in [0, 0.1) is 5.82 Å². The molecule has 1 fully saturated rings. The van der Waals surface area contributed by atoms with E-state index >= 15 is 0 Å². The zero-order chi connectivity index (χ0) is 17.8. The number of carboxylic acid groups (broad SMARTS) is 1. The largest absolute Gasteiger partial charge is 0.478 e. The number of halogens is 2. The number of rotatable bonds is 5. The first-order chi connectivity index (χ1) is 12.0. The Labute approximate surface area is 154 Å². The number of piperidine rings is 1. The first-order valence-corrected chi connectivity index (χ1v) is 9.08. The van der Waals surface area contributed by atoms with Gasteiger partial charge < -0.3 is 10.4 Å². The highest BCUT2D eigenvalue weighted by atomic mass is 79.9. The Balaban J connectivity index is 1.67. The van der Waals surface area contributed by atoms with Crippen molar-refractivity contribution in [2.75, 3.05) is 18.4 Å². The first-order valence-electron chi connectivity index (χ1n) is 8.28. The van der Waals surface area contributed by atoms with Gasteiger partial charge in [-0.3, -0.25) is 4.90 Å². The zero-order valence-corrected chi connectivity index (χ0v) is 15.3. The van der Waals surface area contributed by atoms with Crippen molar-refractivity contribution in [3.63, 3.8) is 0 Å². The van der Waals surface area contributed by atoms with Gasteiger partial charge >= 0.3 is 5.97 Å². The Bertz CT molecular complexity index is 755. The summed E-state index contributed by atoms with van der Waals surface area (Å²) in [6.45, 7) is 2.73. The molecule has 4 nitrogen and oxygen atoms in total. The topological polar surface area (TPSA) is 52.6 Å². The highest BCUT2D eigenvalue weighted by molar-refractivity contribution is 9.10. The van der Waals surface area contributed by atoms with Crippen molar-refractivity contribution in [3.8, 4) is 0 Å². The minimum absolute atomic E-state index is 0.0121. The van der Waals surface area contributed by atoms with Crippen molar-refractivity contribution < 1.29 is 14.3 Å². The van der Waals surface area contributed by atoms with Gasteiger partial charge in [0, 0.05) is 19.1 Å². The predicted octanol–water partition coefficient (Wildman–Crippen LogP) is 4.36. The molecular formula is C19H20BrFN2O2. The second kappa shape index (κ2) is 7.97. The van der Waals surface area contributed by atoms with Gasteiger partial charge in [-0.1, -0.05) is 30.3 Å². The summed E-state index contributed by atoms with van der Waals surface area (Å²) in [6.07, 6.45) is 2.00. The molecule has 6 heteroatoms. The number of nitrogens with one attached hydrogen (secondary N) is 1. The number of carboxylic acids is 1. The van der Waals surface area contributed by atoms with E-state index in [-0.39, 0.29) is 16.1 Å². The maximum atomic E-state index is 14.4. The van der Waals surface area contributed by atoms with Crippen LogP contribution in [0.1, 0.15) is 28.8 Å². The third kappa shape index (κ3) is 4.38. The lowest BCUT2D eigenvalue weighted by Gasteiger charge is -2.33. The van der Waals surface area contributed by atoms with Crippen LogP contribution in [0.5, 0.6) is 0 Å². The molecular weight excluding hydrogens is 387 g/mol. The lowest BCUT2D eigenvalue weighted by Crippen LogP contribution is -2.41. The summed E-state index contributed by atoms with van der Waals surface area (Å²) in [4.78, 5) is 13.4. The molecule has 0 aliphatic carbocycles. The summed E-state index contributed by atoms with van der Waals surface area (Å²) in [5, 5.41) is 12.3. The fourth-order valence-electron chi connectivity index (χ4n) is 3.20. The molecule has 1 saturated heterocycles. The Morgan fingerprint density at radius 1 is 1.28 bits per heavy atom. The number of anilines is 1. The van der Waals surface area contributed by atoms with Gasteiger partial charge in [0.25, 0.3) is 0 Å². The summed E-state index contributed by atoms with van der Waals surface area (Å²) < 4.78 is 14.4. The Morgan fingerprint density at radius 2 is 2.04 bits per heavy atom. The summed E-state index contributed by atoms with van der Waals surface area (Å²) in [5.74, 6) is -1.70. The van der Waals surface area contributed by atoms with Gasteiger partial charge in [0.05, 0.1) is 15.7 Å². The molecule has 0 aromatic heterocycles. The quantitative estimate of drug-likeness (QED) is 0.774. The Morgan fingerprint density at radius 3 is 2.76 bits per heavy atom. The average Bonchev–Trinajstić information content (AvgIpc) is 2.60. The molecule has 132 valence electrons. The lowest BCUT2D eigenvalue weighted by molar-refractivity contribution is 0.0695. The molecule has 0 radical (unpaired) electrons. The van der Waals surface area contributed by atoms with Gasteiger partial charge in [0.15, 0.2) is 5.82 Å². The van der Waals surface area contributed by atoms with Crippen LogP contribution in [-0.4, -0.2) is 35.1 Å². The van der Waals surface area contributed by atoms with Gasteiger partial charge in [0.2, 0.25) is 0 Å². The number of carbonyl (C=O) groups is 1. The highest BCUT2D eigenvalue weighted by Crippen LogP contribution is 2.28. The Kier molecular flexibility index (Phi) is 5.71. The average molecular weight is 407 g/mol. The zero-order valence-electron chi connectivity index (χ0n) is 13.7. The monoisotopic (exact) mass is 406 g/mol. The van der Waals surface area contributed by atoms with E-state index in [1.807, 2.05) is 18.2 Å². The van der Waals surface area contributed by atoms with Gasteiger partial charge in [-0.25, -0.2) is 9.18 Å². The van der Waals surface area contributed by atoms with Crippen molar-refractivity contribution in [3.05, 3.63) is 63.9 Å². The van der Waals surface area contributed by atoms with Crippen LogP contribution in [0.3, 0.4) is 0 Å². The van der Waals surface area contributed by atoms with Crippen molar-refractivity contribution >= 4 is 27.6 Å². The molecule has 1 aliphatic rings. The first kappa shape index (κ1) is 17.9. The number of aromatic carboxylic acids is 1. The molecule has 1 atom stereocenters. The van der Waals surface area contributed by atoms with E-state index in [4.69, 9.17) is 5.11 Å². The van der Waals surface area contributed by atoms with Crippen LogP contribution in [0.15, 0.2) is 46.9 Å². The van der Waals surface area contributed by atoms with E-state index in [0.29, 0.717) is 5.69 Å². The molecule has 0 spiro atoms. The molecule has 2 aromatic rings. The normalized spacial score (nSPS) is 18.1. The highest BCUT2D eigenvalue weighted by Gasteiger charge is 2.22. The van der Waals surface area contributed by atoms with Crippen molar-refractivity contribution in [1.82, 2.24) is 4.90 Å². The number of nitrogens with zero attached hydrogens (tertiary/aromatic N) is 1. The summed E-state index contributed by atoms with van der Waals surface area (Å²) >= 11 is 3.05. The molecule has 0 bridgehead atoms. The van der Waals surface area contributed by atoms with E-state index in [2.05, 4.69) is 38.3 Å². The third-order valence-corrected chi connectivity index (χ3v) is 5.20. The number of benzene rings is 2. The van der Waals surface area contributed by atoms with Crippen molar-refractivity contribution in [2.24, 2.45) is 0 Å². The van der Waals surface area contributed by atoms with Crippen molar-refractivity contribution in [1.29, 1.82) is 0 Å². The molecule has 1 aliphatic heterocycles. The summed E-state index contributed by atoms with van der Waals surface area (Å²) in [5.41, 5.74) is 1.53. The van der Waals surface area contributed by atoms with E-state index in [1.165, 1.54) is 17.7 Å². The van der Waals surface area contributed by atoms with Crippen LogP contribution < -0.4 is 5.32 Å². The van der Waals surface area contributed by atoms with Crippen LogP contribution in [-0.2, 0) is 6.54 Å². The molecule has 2 aromatic carbocycles. The smallest absolute Gasteiger partial charge is 0.336 e. The number of hydrogen-bond donors (Lipinski definition) is 2. The minimum atomic E-state index is -1.15. The maximum Gasteiger partial charge on any atom is 0.336 e. The molecule has 3 rings (SSSR count). The second-order valence-corrected chi connectivity index (χ2v) is 7.09. The van der Waals surface area contributed by atoms with Crippen LogP contribution >= 0.6 is 15.9 Å². The molecule has 1 unspecified atom stereocenters. The fourth-order valence-corrected chi connectivity index (χ4v) is 3.72. The molecule has 1 heterocycles. The van der Waals surface area contributed by atoms with E-state index in [9.17, 15) is 9.18 Å². The fraction of sp³-hybridized carbons (Fsp3) is 0.316. The third-order valence-electron chi connectivity index (χ3n) is 4.43. The molecule has 2 N–H and O–H groups in total. The van der Waals surface area contributed by atoms with Gasteiger partial charge in [-0.15, -0.1) is 0 Å². The van der Waals surface area contributed by atoms with Gasteiger partial charge in [-0.05, 0) is 53.0 Å². The van der Waals surface area contributed by atoms with Gasteiger partial charge in [-0.2, -0.15) is 0 Å².